The monoisotopic (exact) mass is 334 g/mol. The molecule has 1 rings (SSSR count). The maximum absolute atomic E-state index is 12.2. The summed E-state index contributed by atoms with van der Waals surface area (Å²) in [7, 11) is 1.46. The minimum absolute atomic E-state index is 0.128. The van der Waals surface area contributed by atoms with Crippen molar-refractivity contribution in [3.8, 4) is 0 Å². The van der Waals surface area contributed by atoms with Crippen molar-refractivity contribution in [1.82, 2.24) is 9.13 Å². The van der Waals surface area contributed by atoms with Gasteiger partial charge in [0.1, 0.15) is 6.04 Å². The highest BCUT2D eigenvalue weighted by atomic mass is 79.9. The van der Waals surface area contributed by atoms with Gasteiger partial charge in [0, 0.05) is 13.3 Å². The number of hydrogen-bond donors (Lipinski definition) is 1. The Bertz CT molecular complexity index is 592. The summed E-state index contributed by atoms with van der Waals surface area (Å²) in [5.41, 5.74) is -1.18. The fourth-order valence-corrected chi connectivity index (χ4v) is 2.07. The molecule has 1 heterocycles. The number of nitrogens with zero attached hydrogens (tertiary/aromatic N) is 2. The smallest absolute Gasteiger partial charge is 0.332 e. The lowest BCUT2D eigenvalue weighted by atomic mass is 10.3. The second-order valence-corrected chi connectivity index (χ2v) is 5.01. The molecule has 0 amide bonds. The van der Waals surface area contributed by atoms with E-state index in [2.05, 4.69) is 15.9 Å². The molecule has 0 spiro atoms. The summed E-state index contributed by atoms with van der Waals surface area (Å²) in [4.78, 5) is 35.1. The third-order valence-electron chi connectivity index (χ3n) is 2.73. The number of methoxy groups -OCH3 is 1. The van der Waals surface area contributed by atoms with E-state index in [-0.39, 0.29) is 11.1 Å². The summed E-state index contributed by atoms with van der Waals surface area (Å²) in [5.74, 6) is -1.15. The fourth-order valence-electron chi connectivity index (χ4n) is 1.66. The Morgan fingerprint density at radius 1 is 1.47 bits per heavy atom. The van der Waals surface area contributed by atoms with Gasteiger partial charge in [-0.15, -0.1) is 0 Å². The van der Waals surface area contributed by atoms with E-state index in [4.69, 9.17) is 9.84 Å². The molecule has 0 aliphatic rings. The van der Waals surface area contributed by atoms with Gasteiger partial charge in [0.25, 0.3) is 5.56 Å². The molecule has 0 saturated carbocycles. The molecule has 0 aliphatic carbocycles. The molecular weight excluding hydrogens is 320 g/mol. The number of aliphatic carboxylic acids is 1. The van der Waals surface area contributed by atoms with Crippen molar-refractivity contribution >= 4 is 21.9 Å². The first-order chi connectivity index (χ1) is 8.81. The summed E-state index contributed by atoms with van der Waals surface area (Å²) < 4.78 is 7.02. The Morgan fingerprint density at radius 3 is 2.53 bits per heavy atom. The van der Waals surface area contributed by atoms with E-state index >= 15 is 0 Å². The first kappa shape index (κ1) is 15.6. The highest BCUT2D eigenvalue weighted by molar-refractivity contribution is 9.10. The number of halogens is 1. The second-order valence-electron chi connectivity index (χ2n) is 4.16. The van der Waals surface area contributed by atoms with Crippen LogP contribution in [-0.4, -0.2) is 33.9 Å². The Hall–Kier alpha value is -1.41. The predicted molar refractivity (Wildman–Crippen MR) is 71.6 cm³/mol. The number of hydrogen-bond acceptors (Lipinski definition) is 4. The van der Waals surface area contributed by atoms with Crippen LogP contribution in [0.4, 0.5) is 0 Å². The average molecular weight is 335 g/mol. The molecule has 1 N–H and O–H groups in total. The van der Waals surface area contributed by atoms with Crippen LogP contribution in [0.3, 0.4) is 0 Å². The van der Waals surface area contributed by atoms with Crippen LogP contribution in [0.2, 0.25) is 0 Å². The third-order valence-corrected chi connectivity index (χ3v) is 3.27. The molecule has 0 aromatic carbocycles. The van der Waals surface area contributed by atoms with Gasteiger partial charge in [-0.05, 0) is 29.8 Å². The van der Waals surface area contributed by atoms with Crippen molar-refractivity contribution in [2.45, 2.75) is 25.9 Å². The maximum Gasteiger partial charge on any atom is 0.332 e. The zero-order valence-electron chi connectivity index (χ0n) is 10.8. The van der Waals surface area contributed by atoms with E-state index in [1.54, 1.807) is 6.92 Å². The minimum Gasteiger partial charge on any atom is -0.480 e. The molecule has 2 atom stereocenters. The van der Waals surface area contributed by atoms with Crippen LogP contribution in [0.1, 0.15) is 25.9 Å². The number of carboxylic acids is 1. The number of aromatic nitrogens is 2. The highest BCUT2D eigenvalue weighted by Gasteiger charge is 2.21. The summed E-state index contributed by atoms with van der Waals surface area (Å²) in [5, 5.41) is 8.97. The van der Waals surface area contributed by atoms with E-state index < -0.39 is 29.3 Å². The van der Waals surface area contributed by atoms with Crippen LogP contribution in [0.15, 0.2) is 20.3 Å². The summed E-state index contributed by atoms with van der Waals surface area (Å²) >= 11 is 3.04. The van der Waals surface area contributed by atoms with E-state index in [0.29, 0.717) is 0 Å². The molecule has 19 heavy (non-hydrogen) atoms. The lowest BCUT2D eigenvalue weighted by Crippen LogP contribution is -2.44. The lowest BCUT2D eigenvalue weighted by molar-refractivity contribution is -0.140. The molecule has 106 valence electrons. The van der Waals surface area contributed by atoms with E-state index in [9.17, 15) is 14.4 Å². The van der Waals surface area contributed by atoms with Crippen LogP contribution in [0.5, 0.6) is 0 Å². The van der Waals surface area contributed by atoms with Crippen LogP contribution in [0, 0.1) is 0 Å². The van der Waals surface area contributed by atoms with Gasteiger partial charge in [0.05, 0.1) is 17.1 Å². The van der Waals surface area contributed by atoms with Gasteiger partial charge in [0.15, 0.2) is 0 Å². The number of carbonyl (C=O) groups is 1. The maximum atomic E-state index is 12.2. The molecule has 0 fully saturated rings. The Kier molecular flexibility index (Phi) is 5.07. The molecule has 2 unspecified atom stereocenters. The van der Waals surface area contributed by atoms with Crippen molar-refractivity contribution < 1.29 is 14.6 Å². The molecule has 0 bridgehead atoms. The van der Waals surface area contributed by atoms with E-state index in [0.717, 1.165) is 9.13 Å². The molecule has 8 heteroatoms. The van der Waals surface area contributed by atoms with Gasteiger partial charge in [0.2, 0.25) is 0 Å². The van der Waals surface area contributed by atoms with Gasteiger partial charge in [-0.1, -0.05) is 0 Å². The van der Waals surface area contributed by atoms with Crippen molar-refractivity contribution in [3.63, 3.8) is 0 Å². The molecule has 7 nitrogen and oxygen atoms in total. The van der Waals surface area contributed by atoms with Crippen molar-refractivity contribution in [2.24, 2.45) is 0 Å². The third kappa shape index (κ3) is 3.13. The number of rotatable bonds is 5. The molecule has 0 aliphatic heterocycles. The van der Waals surface area contributed by atoms with E-state index in [1.807, 2.05) is 0 Å². The highest BCUT2D eigenvalue weighted by Crippen LogP contribution is 2.08. The van der Waals surface area contributed by atoms with Crippen LogP contribution >= 0.6 is 15.9 Å². The second kappa shape index (κ2) is 6.16. The van der Waals surface area contributed by atoms with Crippen LogP contribution in [-0.2, 0) is 9.53 Å². The number of ether oxygens (including phenoxy) is 1. The van der Waals surface area contributed by atoms with Gasteiger partial charge < -0.3 is 9.84 Å². The lowest BCUT2D eigenvalue weighted by Gasteiger charge is -2.18. The standard InChI is InChI=1S/C11H15BrN2O5/c1-6(5-19-3)14-9(15)8(12)4-13(11(14)18)7(2)10(16)17/h4,6-7H,5H2,1-3H3,(H,16,17). The predicted octanol–water partition coefficient (Wildman–Crippen LogP) is 0.626. The quantitative estimate of drug-likeness (QED) is 0.852. The minimum atomic E-state index is -1.15. The van der Waals surface area contributed by atoms with Crippen molar-refractivity contribution in [3.05, 3.63) is 31.5 Å². The normalized spacial score (nSPS) is 14.1. The van der Waals surface area contributed by atoms with Gasteiger partial charge in [-0.3, -0.25) is 13.9 Å². The van der Waals surface area contributed by atoms with Crippen LogP contribution in [0.25, 0.3) is 0 Å². The summed E-state index contributed by atoms with van der Waals surface area (Å²) in [6.07, 6.45) is 1.19. The first-order valence-corrected chi connectivity index (χ1v) is 6.35. The van der Waals surface area contributed by atoms with E-state index in [1.165, 1.54) is 20.2 Å². The zero-order chi connectivity index (χ0) is 14.7. The Morgan fingerprint density at radius 2 is 2.05 bits per heavy atom. The SMILES string of the molecule is COCC(C)n1c(=O)c(Br)cn(C(C)C(=O)O)c1=O. The first-order valence-electron chi connectivity index (χ1n) is 5.56. The summed E-state index contributed by atoms with van der Waals surface area (Å²) in [6, 6.07) is -1.56. The topological polar surface area (TPSA) is 90.5 Å². The van der Waals surface area contributed by atoms with Gasteiger partial charge in [-0.2, -0.15) is 0 Å². The van der Waals surface area contributed by atoms with Crippen LogP contribution < -0.4 is 11.2 Å². The van der Waals surface area contributed by atoms with Crippen molar-refractivity contribution in [1.29, 1.82) is 0 Å². The Balaban J connectivity index is 3.52. The fraction of sp³-hybridized carbons (Fsp3) is 0.545. The van der Waals surface area contributed by atoms with Crippen molar-refractivity contribution in [2.75, 3.05) is 13.7 Å². The zero-order valence-corrected chi connectivity index (χ0v) is 12.4. The number of carboxylic acid groups (broad SMARTS) is 1. The van der Waals surface area contributed by atoms with Gasteiger partial charge in [-0.25, -0.2) is 9.59 Å². The Labute approximate surface area is 117 Å². The van der Waals surface area contributed by atoms with Gasteiger partial charge >= 0.3 is 11.7 Å². The average Bonchev–Trinajstić information content (AvgIpc) is 2.33. The molecule has 0 radical (unpaired) electrons. The molecular formula is C11H15BrN2O5. The molecule has 0 saturated heterocycles. The summed E-state index contributed by atoms with van der Waals surface area (Å²) in [6.45, 7) is 3.19. The molecule has 1 aromatic rings. The largest absolute Gasteiger partial charge is 0.480 e. The molecule has 1 aromatic heterocycles.